The van der Waals surface area contributed by atoms with Crippen LogP contribution < -0.4 is 0 Å². The molecular weight excluding hydrogens is 378 g/mol. The third-order valence-corrected chi connectivity index (χ3v) is 5.25. The summed E-state index contributed by atoms with van der Waals surface area (Å²) in [6.45, 7) is 6.04. The van der Waals surface area contributed by atoms with Gasteiger partial charge in [-0.3, -0.25) is 0 Å². The van der Waals surface area contributed by atoms with Gasteiger partial charge in [0.25, 0.3) is 0 Å². The van der Waals surface area contributed by atoms with E-state index in [1.54, 1.807) is 6.92 Å². The fourth-order valence-corrected chi connectivity index (χ4v) is 3.87. The van der Waals surface area contributed by atoms with Gasteiger partial charge in [-0.1, -0.05) is 6.92 Å². The van der Waals surface area contributed by atoms with Crippen LogP contribution in [0.15, 0.2) is 27.1 Å². The predicted molar refractivity (Wildman–Crippen MR) is 95.1 cm³/mol. The van der Waals surface area contributed by atoms with E-state index in [9.17, 15) is 4.79 Å². The molecule has 0 unspecified atom stereocenters. The van der Waals surface area contributed by atoms with Crippen molar-refractivity contribution in [1.29, 1.82) is 0 Å². The van der Waals surface area contributed by atoms with Crippen LogP contribution in [0.25, 0.3) is 21.5 Å². The molecule has 3 aromatic rings. The van der Waals surface area contributed by atoms with Crippen LogP contribution in [-0.4, -0.2) is 17.6 Å². The number of aryl methyl sites for hydroxylation is 2. The van der Waals surface area contributed by atoms with E-state index >= 15 is 0 Å². The Balaban J connectivity index is 2.06. The molecule has 2 heterocycles. The maximum atomic E-state index is 12.0. The summed E-state index contributed by atoms with van der Waals surface area (Å²) in [4.78, 5) is 17.0. The number of halogens is 1. The number of fused-ring (bicyclic) bond motifs is 1. The van der Waals surface area contributed by atoms with Crippen molar-refractivity contribution >= 4 is 44.2 Å². The van der Waals surface area contributed by atoms with Crippen molar-refractivity contribution in [3.05, 3.63) is 39.0 Å². The highest BCUT2D eigenvalue weighted by molar-refractivity contribution is 9.10. The minimum absolute atomic E-state index is 0.314. The number of thiazole rings is 1. The summed E-state index contributed by atoms with van der Waals surface area (Å²) in [5.41, 5.74) is 2.49. The number of carbonyl (C=O) groups is 1. The van der Waals surface area contributed by atoms with E-state index < -0.39 is 0 Å². The Morgan fingerprint density at radius 1 is 1.35 bits per heavy atom. The van der Waals surface area contributed by atoms with Gasteiger partial charge in [0.05, 0.1) is 16.8 Å². The summed E-state index contributed by atoms with van der Waals surface area (Å²) in [7, 11) is 0. The quantitative estimate of drug-likeness (QED) is 0.559. The Hall–Kier alpha value is -1.66. The smallest absolute Gasteiger partial charge is 0.350 e. The average molecular weight is 394 g/mol. The van der Waals surface area contributed by atoms with Crippen LogP contribution in [0.5, 0.6) is 0 Å². The summed E-state index contributed by atoms with van der Waals surface area (Å²) < 4.78 is 11.8. The van der Waals surface area contributed by atoms with Crippen molar-refractivity contribution in [2.75, 3.05) is 6.61 Å². The fourth-order valence-electron chi connectivity index (χ4n) is 2.37. The van der Waals surface area contributed by atoms with E-state index in [-0.39, 0.29) is 5.97 Å². The Bertz CT molecular complexity index is 881. The van der Waals surface area contributed by atoms with Crippen molar-refractivity contribution in [3.8, 4) is 10.6 Å². The number of ether oxygens (including phenoxy) is 1. The molecule has 0 bridgehead atoms. The molecule has 23 heavy (non-hydrogen) atoms. The number of aromatic nitrogens is 1. The van der Waals surface area contributed by atoms with Crippen LogP contribution in [0.2, 0.25) is 0 Å². The number of nitrogens with zero attached hydrogens (tertiary/aromatic N) is 1. The Morgan fingerprint density at radius 3 is 2.83 bits per heavy atom. The van der Waals surface area contributed by atoms with Crippen molar-refractivity contribution in [2.24, 2.45) is 0 Å². The Morgan fingerprint density at radius 2 is 2.13 bits per heavy atom. The molecule has 4 nitrogen and oxygen atoms in total. The van der Waals surface area contributed by atoms with E-state index in [1.807, 2.05) is 25.1 Å². The number of rotatable bonds is 4. The molecule has 3 rings (SSSR count). The molecule has 0 amide bonds. The molecule has 120 valence electrons. The summed E-state index contributed by atoms with van der Waals surface area (Å²) in [5.74, 6) is 0.630. The van der Waals surface area contributed by atoms with Crippen molar-refractivity contribution in [1.82, 2.24) is 4.98 Å². The zero-order valence-electron chi connectivity index (χ0n) is 13.1. The average Bonchev–Trinajstić information content (AvgIpc) is 3.11. The first kappa shape index (κ1) is 16.2. The second kappa shape index (κ2) is 6.45. The van der Waals surface area contributed by atoms with Gasteiger partial charge in [-0.25, -0.2) is 9.78 Å². The van der Waals surface area contributed by atoms with Gasteiger partial charge < -0.3 is 9.15 Å². The van der Waals surface area contributed by atoms with Crippen LogP contribution in [0.3, 0.4) is 0 Å². The monoisotopic (exact) mass is 393 g/mol. The Labute approximate surface area is 146 Å². The first-order valence-corrected chi connectivity index (χ1v) is 9.01. The van der Waals surface area contributed by atoms with Gasteiger partial charge in [0.2, 0.25) is 0 Å². The maximum Gasteiger partial charge on any atom is 0.350 e. The van der Waals surface area contributed by atoms with Crippen LogP contribution in [0.4, 0.5) is 0 Å². The third-order valence-electron chi connectivity index (χ3n) is 3.47. The van der Waals surface area contributed by atoms with Crippen LogP contribution in [0.1, 0.15) is 35.0 Å². The molecule has 0 saturated heterocycles. The third kappa shape index (κ3) is 3.05. The molecule has 6 heteroatoms. The first-order chi connectivity index (χ1) is 11.0. The molecule has 0 saturated carbocycles. The molecule has 0 aliphatic carbocycles. The van der Waals surface area contributed by atoms with Gasteiger partial charge in [-0.2, -0.15) is 0 Å². The van der Waals surface area contributed by atoms with Gasteiger partial charge in [-0.05, 0) is 48.0 Å². The second-order valence-corrected chi connectivity index (χ2v) is 6.95. The molecule has 0 aliphatic rings. The van der Waals surface area contributed by atoms with Crippen LogP contribution >= 0.6 is 27.3 Å². The van der Waals surface area contributed by atoms with Crippen LogP contribution in [0, 0.1) is 6.92 Å². The van der Waals surface area contributed by atoms with E-state index in [2.05, 4.69) is 27.8 Å². The molecule has 0 aliphatic heterocycles. The number of furan rings is 1. The lowest BCUT2D eigenvalue weighted by Gasteiger charge is -1.99. The SMILES string of the molecule is CCOC(=O)c1sc(-c2cc(Br)c3oc(CC)cc3c2)nc1C. The van der Waals surface area contributed by atoms with Gasteiger partial charge in [-0.15, -0.1) is 11.3 Å². The van der Waals surface area contributed by atoms with Gasteiger partial charge in [0.15, 0.2) is 0 Å². The lowest BCUT2D eigenvalue weighted by molar-refractivity contribution is 0.0531. The summed E-state index contributed by atoms with van der Waals surface area (Å²) in [6, 6.07) is 6.05. The number of benzene rings is 1. The normalized spacial score (nSPS) is 11.1. The second-order valence-electron chi connectivity index (χ2n) is 5.10. The zero-order valence-corrected chi connectivity index (χ0v) is 15.5. The fraction of sp³-hybridized carbons (Fsp3) is 0.294. The first-order valence-electron chi connectivity index (χ1n) is 7.40. The topological polar surface area (TPSA) is 52.3 Å². The summed E-state index contributed by atoms with van der Waals surface area (Å²) in [6.07, 6.45) is 0.847. The van der Waals surface area contributed by atoms with Gasteiger partial charge in [0.1, 0.15) is 21.2 Å². The highest BCUT2D eigenvalue weighted by atomic mass is 79.9. The predicted octanol–water partition coefficient (Wildman–Crippen LogP) is 5.37. The minimum atomic E-state index is -0.314. The number of carbonyl (C=O) groups excluding carboxylic acids is 1. The largest absolute Gasteiger partial charge is 0.462 e. The van der Waals surface area contributed by atoms with Gasteiger partial charge in [0, 0.05) is 17.4 Å². The molecule has 1 aromatic carbocycles. The zero-order chi connectivity index (χ0) is 16.6. The maximum absolute atomic E-state index is 12.0. The number of hydrogen-bond donors (Lipinski definition) is 0. The lowest BCUT2D eigenvalue weighted by Crippen LogP contribution is -2.03. The molecule has 0 fully saturated rings. The lowest BCUT2D eigenvalue weighted by atomic mass is 10.1. The van der Waals surface area contributed by atoms with E-state index in [0.29, 0.717) is 17.2 Å². The van der Waals surface area contributed by atoms with Gasteiger partial charge >= 0.3 is 5.97 Å². The van der Waals surface area contributed by atoms with E-state index in [0.717, 1.165) is 38.2 Å². The number of hydrogen-bond acceptors (Lipinski definition) is 5. The highest BCUT2D eigenvalue weighted by Crippen LogP contribution is 2.35. The van der Waals surface area contributed by atoms with E-state index in [1.165, 1.54) is 11.3 Å². The molecule has 2 aromatic heterocycles. The number of esters is 1. The van der Waals surface area contributed by atoms with Crippen molar-refractivity contribution in [2.45, 2.75) is 27.2 Å². The minimum Gasteiger partial charge on any atom is -0.462 e. The Kier molecular flexibility index (Phi) is 4.55. The van der Waals surface area contributed by atoms with Crippen molar-refractivity contribution in [3.63, 3.8) is 0 Å². The molecule has 0 radical (unpaired) electrons. The standard InChI is InChI=1S/C17H16BrNO3S/c1-4-12-7-10-6-11(8-13(18)14(10)22-12)16-19-9(3)15(23-16)17(20)21-5-2/h6-8H,4-5H2,1-3H3. The molecule has 0 atom stereocenters. The summed E-state index contributed by atoms with van der Waals surface area (Å²) in [5, 5.41) is 1.82. The highest BCUT2D eigenvalue weighted by Gasteiger charge is 2.18. The molecular formula is C17H16BrNO3S. The molecule has 0 N–H and O–H groups in total. The van der Waals surface area contributed by atoms with Crippen LogP contribution in [-0.2, 0) is 11.2 Å². The molecule has 0 spiro atoms. The van der Waals surface area contributed by atoms with Crippen molar-refractivity contribution < 1.29 is 13.9 Å². The van der Waals surface area contributed by atoms with E-state index in [4.69, 9.17) is 9.15 Å². The summed E-state index contributed by atoms with van der Waals surface area (Å²) >= 11 is 4.91.